The summed E-state index contributed by atoms with van der Waals surface area (Å²) < 4.78 is 0. The van der Waals surface area contributed by atoms with Crippen molar-refractivity contribution in [1.29, 1.82) is 0 Å². The number of nitrogens with one attached hydrogen (secondary N) is 1. The zero-order chi connectivity index (χ0) is 13.1. The van der Waals surface area contributed by atoms with E-state index in [2.05, 4.69) is 36.5 Å². The topological polar surface area (TPSA) is 12.0 Å². The Morgan fingerprint density at radius 1 is 1.11 bits per heavy atom. The number of likely N-dealkylation sites (N-methyl/N-ethyl adjacent to an activating group) is 1. The van der Waals surface area contributed by atoms with E-state index >= 15 is 0 Å². The molecule has 2 aliphatic rings. The second kappa shape index (κ2) is 6.09. The van der Waals surface area contributed by atoms with Gasteiger partial charge in [0.1, 0.15) is 0 Å². The molecule has 1 aromatic carbocycles. The van der Waals surface area contributed by atoms with Crippen LogP contribution >= 0.6 is 0 Å². The van der Waals surface area contributed by atoms with E-state index in [1.807, 2.05) is 0 Å². The third-order valence-corrected chi connectivity index (χ3v) is 5.20. The largest absolute Gasteiger partial charge is 0.313 e. The van der Waals surface area contributed by atoms with E-state index in [4.69, 9.17) is 0 Å². The number of aryl methyl sites for hydroxylation is 1. The number of hydrogen-bond donors (Lipinski definition) is 1. The summed E-state index contributed by atoms with van der Waals surface area (Å²) in [5, 5.41) is 3.84. The molecule has 104 valence electrons. The lowest BCUT2D eigenvalue weighted by Crippen LogP contribution is -2.41. The van der Waals surface area contributed by atoms with Gasteiger partial charge < -0.3 is 5.32 Å². The Hall–Kier alpha value is -0.820. The van der Waals surface area contributed by atoms with Crippen LogP contribution in [0.15, 0.2) is 24.3 Å². The quantitative estimate of drug-likeness (QED) is 0.849. The fraction of sp³-hybridized carbons (Fsp3) is 0.667. The van der Waals surface area contributed by atoms with Crippen LogP contribution in [0.2, 0.25) is 0 Å². The van der Waals surface area contributed by atoms with Gasteiger partial charge in [-0.2, -0.15) is 0 Å². The van der Waals surface area contributed by atoms with E-state index in [1.165, 1.54) is 44.9 Å². The van der Waals surface area contributed by atoms with Crippen LogP contribution in [-0.2, 0) is 6.42 Å². The summed E-state index contributed by atoms with van der Waals surface area (Å²) in [5.74, 6) is 1.67. The molecule has 0 aromatic heterocycles. The highest BCUT2D eigenvalue weighted by molar-refractivity contribution is 5.34. The van der Waals surface area contributed by atoms with Crippen LogP contribution in [0, 0.1) is 5.92 Å². The molecule has 0 aliphatic heterocycles. The molecule has 0 spiro atoms. The van der Waals surface area contributed by atoms with Crippen molar-refractivity contribution in [3.05, 3.63) is 35.4 Å². The van der Waals surface area contributed by atoms with Crippen LogP contribution in [0.1, 0.15) is 62.5 Å². The van der Waals surface area contributed by atoms with Crippen molar-refractivity contribution >= 4 is 0 Å². The van der Waals surface area contributed by atoms with Gasteiger partial charge in [0.25, 0.3) is 0 Å². The number of fused-ring (bicyclic) bond motifs is 1. The molecule has 1 heteroatoms. The van der Waals surface area contributed by atoms with Crippen LogP contribution in [0.25, 0.3) is 0 Å². The third-order valence-electron chi connectivity index (χ3n) is 5.20. The van der Waals surface area contributed by atoms with E-state index in [0.717, 1.165) is 18.4 Å². The van der Waals surface area contributed by atoms with Gasteiger partial charge in [0.05, 0.1) is 0 Å². The highest BCUT2D eigenvalue weighted by Crippen LogP contribution is 2.40. The molecule has 2 atom stereocenters. The minimum atomic E-state index is 0.717. The van der Waals surface area contributed by atoms with E-state index in [0.29, 0.717) is 6.04 Å². The number of benzene rings is 1. The molecular formula is C18H27N. The van der Waals surface area contributed by atoms with Gasteiger partial charge in [-0.3, -0.25) is 0 Å². The predicted molar refractivity (Wildman–Crippen MR) is 81.5 cm³/mol. The summed E-state index contributed by atoms with van der Waals surface area (Å²) in [5.41, 5.74) is 3.26. The summed E-state index contributed by atoms with van der Waals surface area (Å²) in [7, 11) is 0. The van der Waals surface area contributed by atoms with Crippen LogP contribution in [-0.4, -0.2) is 12.6 Å². The molecule has 1 saturated carbocycles. The van der Waals surface area contributed by atoms with Gasteiger partial charge in [-0.25, -0.2) is 0 Å². The Balaban J connectivity index is 1.86. The maximum Gasteiger partial charge on any atom is 0.0164 e. The Kier molecular flexibility index (Phi) is 4.22. The maximum atomic E-state index is 3.84. The van der Waals surface area contributed by atoms with Gasteiger partial charge in [-0.1, -0.05) is 44.0 Å². The predicted octanol–water partition coefficient (Wildman–Crippen LogP) is 4.27. The van der Waals surface area contributed by atoms with Crippen molar-refractivity contribution in [2.45, 2.75) is 63.8 Å². The molecule has 1 fully saturated rings. The second-order valence-electron chi connectivity index (χ2n) is 6.33. The van der Waals surface area contributed by atoms with Gasteiger partial charge in [0.2, 0.25) is 0 Å². The van der Waals surface area contributed by atoms with Gasteiger partial charge in [0.15, 0.2) is 0 Å². The summed E-state index contributed by atoms with van der Waals surface area (Å²) >= 11 is 0. The lowest BCUT2D eigenvalue weighted by molar-refractivity contribution is 0.294. The van der Waals surface area contributed by atoms with Crippen LogP contribution in [0.4, 0.5) is 0 Å². The average molecular weight is 257 g/mol. The first-order chi connectivity index (χ1) is 9.40. The van der Waals surface area contributed by atoms with Crippen molar-refractivity contribution in [3.8, 4) is 0 Å². The molecule has 2 unspecified atom stereocenters. The fourth-order valence-electron chi connectivity index (χ4n) is 4.35. The molecule has 3 rings (SSSR count). The molecule has 0 saturated heterocycles. The third kappa shape index (κ3) is 2.72. The lowest BCUT2D eigenvalue weighted by Gasteiger charge is -2.36. The molecule has 0 radical (unpaired) electrons. The summed E-state index contributed by atoms with van der Waals surface area (Å²) in [6.45, 7) is 3.37. The zero-order valence-electron chi connectivity index (χ0n) is 12.2. The highest BCUT2D eigenvalue weighted by Gasteiger charge is 2.33. The van der Waals surface area contributed by atoms with Gasteiger partial charge in [0, 0.05) is 6.04 Å². The minimum Gasteiger partial charge on any atom is -0.313 e. The zero-order valence-corrected chi connectivity index (χ0v) is 12.2. The standard InChI is InChI=1S/C18H27N/c1-2-19-18(15-9-3-4-10-15)17-13-7-11-14-8-5-6-12-16(14)17/h5-6,8,12,15,17-19H,2-4,7,9-11,13H2,1H3. The van der Waals surface area contributed by atoms with Crippen molar-refractivity contribution < 1.29 is 0 Å². The summed E-state index contributed by atoms with van der Waals surface area (Å²) in [4.78, 5) is 0. The monoisotopic (exact) mass is 257 g/mol. The maximum absolute atomic E-state index is 3.84. The van der Waals surface area contributed by atoms with Crippen molar-refractivity contribution in [1.82, 2.24) is 5.32 Å². The Morgan fingerprint density at radius 2 is 1.89 bits per heavy atom. The van der Waals surface area contributed by atoms with Crippen LogP contribution in [0.5, 0.6) is 0 Å². The highest BCUT2D eigenvalue weighted by atomic mass is 14.9. The Labute approximate surface area is 117 Å². The molecular weight excluding hydrogens is 230 g/mol. The Bertz CT molecular complexity index is 406. The molecule has 0 heterocycles. The first-order valence-corrected chi connectivity index (χ1v) is 8.21. The fourth-order valence-corrected chi connectivity index (χ4v) is 4.35. The molecule has 19 heavy (non-hydrogen) atoms. The van der Waals surface area contributed by atoms with E-state index in [-0.39, 0.29) is 0 Å². The van der Waals surface area contributed by atoms with E-state index in [1.54, 1.807) is 11.1 Å². The molecule has 0 bridgehead atoms. The van der Waals surface area contributed by atoms with Crippen molar-refractivity contribution in [3.63, 3.8) is 0 Å². The van der Waals surface area contributed by atoms with Crippen molar-refractivity contribution in [2.75, 3.05) is 6.54 Å². The first kappa shape index (κ1) is 13.2. The normalized spacial score (nSPS) is 25.2. The van der Waals surface area contributed by atoms with E-state index < -0.39 is 0 Å². The van der Waals surface area contributed by atoms with E-state index in [9.17, 15) is 0 Å². The molecule has 2 aliphatic carbocycles. The summed E-state index contributed by atoms with van der Waals surface area (Å²) in [6.07, 6.45) is 9.81. The molecule has 1 nitrogen and oxygen atoms in total. The molecule has 1 aromatic rings. The van der Waals surface area contributed by atoms with Crippen molar-refractivity contribution in [2.24, 2.45) is 5.92 Å². The van der Waals surface area contributed by atoms with Crippen LogP contribution < -0.4 is 5.32 Å². The van der Waals surface area contributed by atoms with Gasteiger partial charge in [-0.15, -0.1) is 0 Å². The molecule has 0 amide bonds. The first-order valence-electron chi connectivity index (χ1n) is 8.21. The lowest BCUT2D eigenvalue weighted by atomic mass is 9.74. The molecule has 1 N–H and O–H groups in total. The van der Waals surface area contributed by atoms with Gasteiger partial charge >= 0.3 is 0 Å². The number of rotatable bonds is 4. The smallest absolute Gasteiger partial charge is 0.0164 e. The van der Waals surface area contributed by atoms with Gasteiger partial charge in [-0.05, 0) is 61.6 Å². The number of hydrogen-bond acceptors (Lipinski definition) is 1. The Morgan fingerprint density at radius 3 is 2.68 bits per heavy atom. The average Bonchev–Trinajstić information content (AvgIpc) is 2.98. The minimum absolute atomic E-state index is 0.717. The summed E-state index contributed by atoms with van der Waals surface area (Å²) in [6, 6.07) is 9.89. The second-order valence-corrected chi connectivity index (χ2v) is 6.33. The SMILES string of the molecule is CCNC(C1CCCC1)C1CCCc2ccccc21. The van der Waals surface area contributed by atoms with Crippen LogP contribution in [0.3, 0.4) is 0 Å².